The Labute approximate surface area is 95.9 Å². The molecule has 0 spiro atoms. The van der Waals surface area contributed by atoms with Crippen molar-refractivity contribution < 1.29 is 8.42 Å². The van der Waals surface area contributed by atoms with Crippen molar-refractivity contribution in [2.75, 3.05) is 12.3 Å². The summed E-state index contributed by atoms with van der Waals surface area (Å²) in [5.41, 5.74) is 6.96. The van der Waals surface area contributed by atoms with Crippen LogP contribution in [0.4, 0.5) is 5.69 Å². The first-order chi connectivity index (χ1) is 7.47. The SMILES string of the molecule is C#CCCNS(=O)(=O)c1ccc(C)c(N)c1. The van der Waals surface area contributed by atoms with Crippen molar-refractivity contribution in [3.05, 3.63) is 23.8 Å². The minimum absolute atomic E-state index is 0.160. The zero-order valence-corrected chi connectivity index (χ0v) is 9.84. The van der Waals surface area contributed by atoms with Crippen LogP contribution in [0, 0.1) is 19.3 Å². The number of nitrogens with two attached hydrogens (primary N) is 1. The van der Waals surface area contributed by atoms with Crippen molar-refractivity contribution in [1.29, 1.82) is 0 Å². The van der Waals surface area contributed by atoms with Crippen LogP contribution in [-0.4, -0.2) is 15.0 Å². The third-order valence-electron chi connectivity index (χ3n) is 2.12. The molecule has 1 aromatic rings. The average molecular weight is 238 g/mol. The number of sulfonamides is 1. The van der Waals surface area contributed by atoms with Gasteiger partial charge in [-0.25, -0.2) is 13.1 Å². The molecule has 86 valence electrons. The van der Waals surface area contributed by atoms with Gasteiger partial charge in [-0.1, -0.05) is 6.07 Å². The molecule has 0 aliphatic heterocycles. The second kappa shape index (κ2) is 5.01. The number of hydrogen-bond donors (Lipinski definition) is 2. The second-order valence-electron chi connectivity index (χ2n) is 3.37. The van der Waals surface area contributed by atoms with Gasteiger partial charge in [-0.2, -0.15) is 0 Å². The standard InChI is InChI=1S/C11H14N2O2S/c1-3-4-7-13-16(14,15)10-6-5-9(2)11(12)8-10/h1,5-6,8,13H,4,7,12H2,2H3. The molecule has 1 rings (SSSR count). The molecule has 0 heterocycles. The summed E-state index contributed by atoms with van der Waals surface area (Å²) in [6.45, 7) is 2.05. The molecule has 16 heavy (non-hydrogen) atoms. The number of aryl methyl sites for hydroxylation is 1. The highest BCUT2D eigenvalue weighted by Gasteiger charge is 2.13. The van der Waals surface area contributed by atoms with Gasteiger partial charge in [0.25, 0.3) is 0 Å². The summed E-state index contributed by atoms with van der Waals surface area (Å²) >= 11 is 0. The Morgan fingerprint density at radius 1 is 1.50 bits per heavy atom. The van der Waals surface area contributed by atoms with Crippen LogP contribution in [0.15, 0.2) is 23.1 Å². The first-order valence-electron chi connectivity index (χ1n) is 4.76. The van der Waals surface area contributed by atoms with Gasteiger partial charge in [-0.3, -0.25) is 0 Å². The molecule has 0 unspecified atom stereocenters. The summed E-state index contributed by atoms with van der Waals surface area (Å²) < 4.78 is 25.9. The molecule has 0 amide bonds. The van der Waals surface area contributed by atoms with E-state index in [2.05, 4.69) is 10.6 Å². The molecule has 0 saturated carbocycles. The van der Waals surface area contributed by atoms with Crippen LogP contribution < -0.4 is 10.5 Å². The van der Waals surface area contributed by atoms with Gasteiger partial charge in [0.15, 0.2) is 0 Å². The van der Waals surface area contributed by atoms with E-state index in [-0.39, 0.29) is 11.4 Å². The predicted molar refractivity (Wildman–Crippen MR) is 64.2 cm³/mol. The average Bonchev–Trinajstić information content (AvgIpc) is 2.22. The van der Waals surface area contributed by atoms with Crippen molar-refractivity contribution in [1.82, 2.24) is 4.72 Å². The Bertz CT molecular complexity index is 515. The van der Waals surface area contributed by atoms with Crippen LogP contribution in [-0.2, 0) is 10.0 Å². The van der Waals surface area contributed by atoms with Gasteiger partial charge in [0.1, 0.15) is 0 Å². The number of nitrogens with one attached hydrogen (secondary N) is 1. The fourth-order valence-electron chi connectivity index (χ4n) is 1.13. The smallest absolute Gasteiger partial charge is 0.240 e. The third kappa shape index (κ3) is 2.99. The number of terminal acetylenes is 1. The number of benzene rings is 1. The van der Waals surface area contributed by atoms with Gasteiger partial charge in [-0.05, 0) is 24.6 Å². The van der Waals surface area contributed by atoms with Crippen LogP contribution in [0.1, 0.15) is 12.0 Å². The van der Waals surface area contributed by atoms with E-state index in [1.54, 1.807) is 6.07 Å². The van der Waals surface area contributed by atoms with E-state index in [4.69, 9.17) is 12.2 Å². The lowest BCUT2D eigenvalue weighted by Crippen LogP contribution is -2.24. The van der Waals surface area contributed by atoms with E-state index in [9.17, 15) is 8.42 Å². The highest BCUT2D eigenvalue weighted by Crippen LogP contribution is 2.16. The summed E-state index contributed by atoms with van der Waals surface area (Å²) in [4.78, 5) is 0.160. The van der Waals surface area contributed by atoms with Gasteiger partial charge < -0.3 is 5.73 Å². The lowest BCUT2D eigenvalue weighted by molar-refractivity contribution is 0.582. The van der Waals surface area contributed by atoms with Crippen molar-refractivity contribution in [2.24, 2.45) is 0 Å². The zero-order chi connectivity index (χ0) is 12.2. The van der Waals surface area contributed by atoms with E-state index >= 15 is 0 Å². The molecule has 0 radical (unpaired) electrons. The summed E-state index contributed by atoms with van der Waals surface area (Å²) in [6.07, 6.45) is 5.40. The summed E-state index contributed by atoms with van der Waals surface area (Å²) in [5, 5.41) is 0. The summed E-state index contributed by atoms with van der Waals surface area (Å²) in [6, 6.07) is 4.63. The maximum absolute atomic E-state index is 11.7. The summed E-state index contributed by atoms with van der Waals surface area (Å²) in [5.74, 6) is 2.36. The van der Waals surface area contributed by atoms with Gasteiger partial charge in [0.2, 0.25) is 10.0 Å². The monoisotopic (exact) mass is 238 g/mol. The largest absolute Gasteiger partial charge is 0.398 e. The molecule has 1 aromatic carbocycles. The maximum atomic E-state index is 11.7. The maximum Gasteiger partial charge on any atom is 0.240 e. The van der Waals surface area contributed by atoms with Crippen LogP contribution >= 0.6 is 0 Å². The zero-order valence-electron chi connectivity index (χ0n) is 9.03. The molecule has 5 heteroatoms. The van der Waals surface area contributed by atoms with Gasteiger partial charge in [-0.15, -0.1) is 12.3 Å². The molecule has 0 fully saturated rings. The summed E-state index contributed by atoms with van der Waals surface area (Å²) in [7, 11) is -3.50. The lowest BCUT2D eigenvalue weighted by atomic mass is 10.2. The molecule has 0 aromatic heterocycles. The molecule has 3 N–H and O–H groups in total. The minimum atomic E-state index is -3.50. The molecule has 0 atom stereocenters. The first-order valence-corrected chi connectivity index (χ1v) is 6.25. The van der Waals surface area contributed by atoms with E-state index < -0.39 is 10.0 Å². The van der Waals surface area contributed by atoms with E-state index in [0.717, 1.165) is 5.56 Å². The van der Waals surface area contributed by atoms with Crippen molar-refractivity contribution in [3.63, 3.8) is 0 Å². The van der Waals surface area contributed by atoms with Gasteiger partial charge >= 0.3 is 0 Å². The number of rotatable bonds is 4. The Morgan fingerprint density at radius 3 is 2.75 bits per heavy atom. The van der Waals surface area contributed by atoms with Crippen molar-refractivity contribution in [3.8, 4) is 12.3 Å². The fraction of sp³-hybridized carbons (Fsp3) is 0.273. The highest BCUT2D eigenvalue weighted by molar-refractivity contribution is 7.89. The lowest BCUT2D eigenvalue weighted by Gasteiger charge is -2.07. The van der Waals surface area contributed by atoms with E-state index in [1.807, 2.05) is 6.92 Å². The Hall–Kier alpha value is -1.51. The topological polar surface area (TPSA) is 72.2 Å². The van der Waals surface area contributed by atoms with Crippen LogP contribution in [0.25, 0.3) is 0 Å². The quantitative estimate of drug-likeness (QED) is 0.464. The Balaban J connectivity index is 2.91. The van der Waals surface area contributed by atoms with Crippen molar-refractivity contribution >= 4 is 15.7 Å². The number of hydrogen-bond acceptors (Lipinski definition) is 3. The van der Waals surface area contributed by atoms with Crippen LogP contribution in [0.3, 0.4) is 0 Å². The van der Waals surface area contributed by atoms with Crippen LogP contribution in [0.2, 0.25) is 0 Å². The molecule has 0 saturated heterocycles. The molecule has 4 nitrogen and oxygen atoms in total. The highest BCUT2D eigenvalue weighted by atomic mass is 32.2. The number of nitrogen functional groups attached to an aromatic ring is 1. The third-order valence-corrected chi connectivity index (χ3v) is 3.58. The molecular formula is C11H14N2O2S. The Kier molecular flexibility index (Phi) is 3.93. The van der Waals surface area contributed by atoms with Gasteiger partial charge in [0, 0.05) is 18.7 Å². The molecular weight excluding hydrogens is 224 g/mol. The van der Waals surface area contributed by atoms with Crippen molar-refractivity contribution in [2.45, 2.75) is 18.2 Å². The normalized spacial score (nSPS) is 11.0. The second-order valence-corrected chi connectivity index (χ2v) is 5.14. The molecule has 0 aliphatic carbocycles. The Morgan fingerprint density at radius 2 is 2.19 bits per heavy atom. The van der Waals surface area contributed by atoms with E-state index in [1.165, 1.54) is 12.1 Å². The fourth-order valence-corrected chi connectivity index (χ4v) is 2.19. The van der Waals surface area contributed by atoms with E-state index in [0.29, 0.717) is 12.1 Å². The van der Waals surface area contributed by atoms with Crippen LogP contribution in [0.5, 0.6) is 0 Å². The molecule has 0 bridgehead atoms. The minimum Gasteiger partial charge on any atom is -0.398 e. The van der Waals surface area contributed by atoms with Gasteiger partial charge in [0.05, 0.1) is 4.90 Å². The number of anilines is 1. The first kappa shape index (κ1) is 12.6. The predicted octanol–water partition coefficient (Wildman–Crippen LogP) is 0.879. The molecule has 0 aliphatic rings.